The van der Waals surface area contributed by atoms with Gasteiger partial charge in [-0.3, -0.25) is 4.79 Å². The zero-order valence-electron chi connectivity index (χ0n) is 12.4. The van der Waals surface area contributed by atoms with Gasteiger partial charge >= 0.3 is 0 Å². The van der Waals surface area contributed by atoms with Crippen LogP contribution in [-0.2, 0) is 17.8 Å². The van der Waals surface area contributed by atoms with Crippen molar-refractivity contribution in [2.45, 2.75) is 24.8 Å². The average molecular weight is 349 g/mol. The van der Waals surface area contributed by atoms with Gasteiger partial charge in [-0.05, 0) is 42.8 Å². The summed E-state index contributed by atoms with van der Waals surface area (Å²) in [5, 5.41) is 1.98. The standard InChI is InChI=1S/C16H16N2OS3/c1-3-18-13-7-6-11(20-2)9-14(13)22-16(18)17-15(19)10-12-5-4-8-21-12/h4-9H,3,10H2,1-2H3. The molecule has 0 aliphatic carbocycles. The zero-order chi connectivity index (χ0) is 15.5. The smallest absolute Gasteiger partial charge is 0.253 e. The van der Waals surface area contributed by atoms with Crippen LogP contribution in [0.25, 0.3) is 10.2 Å². The molecule has 0 aliphatic rings. The number of aromatic nitrogens is 1. The van der Waals surface area contributed by atoms with Crippen molar-refractivity contribution in [1.29, 1.82) is 0 Å². The van der Waals surface area contributed by atoms with Gasteiger partial charge in [0, 0.05) is 16.3 Å². The molecule has 114 valence electrons. The Morgan fingerprint density at radius 1 is 1.36 bits per heavy atom. The molecule has 0 N–H and O–H groups in total. The third-order valence-electron chi connectivity index (χ3n) is 3.33. The van der Waals surface area contributed by atoms with Crippen molar-refractivity contribution in [3.8, 4) is 0 Å². The summed E-state index contributed by atoms with van der Waals surface area (Å²) < 4.78 is 3.28. The average Bonchev–Trinajstić information content (AvgIpc) is 3.13. The van der Waals surface area contributed by atoms with Crippen molar-refractivity contribution in [2.24, 2.45) is 4.99 Å². The SMILES string of the molecule is CCn1c(=NC(=O)Cc2cccs2)sc2cc(SC)ccc21. The Hall–Kier alpha value is -1.37. The van der Waals surface area contributed by atoms with Gasteiger partial charge < -0.3 is 4.57 Å². The molecule has 3 nitrogen and oxygen atoms in total. The van der Waals surface area contributed by atoms with Gasteiger partial charge in [0.15, 0.2) is 4.80 Å². The first-order chi connectivity index (χ1) is 10.7. The molecule has 0 aliphatic heterocycles. The number of benzene rings is 1. The Morgan fingerprint density at radius 3 is 2.91 bits per heavy atom. The predicted octanol–water partition coefficient (Wildman–Crippen LogP) is 4.18. The number of hydrogen-bond donors (Lipinski definition) is 0. The maximum Gasteiger partial charge on any atom is 0.253 e. The lowest BCUT2D eigenvalue weighted by molar-refractivity contribution is -0.117. The molecule has 22 heavy (non-hydrogen) atoms. The van der Waals surface area contributed by atoms with E-state index in [1.54, 1.807) is 34.4 Å². The Morgan fingerprint density at radius 2 is 2.23 bits per heavy atom. The van der Waals surface area contributed by atoms with E-state index in [4.69, 9.17) is 0 Å². The normalized spacial score (nSPS) is 12.2. The molecule has 0 atom stereocenters. The van der Waals surface area contributed by atoms with Gasteiger partial charge in [-0.25, -0.2) is 0 Å². The fourth-order valence-electron chi connectivity index (χ4n) is 2.28. The van der Waals surface area contributed by atoms with Gasteiger partial charge in [-0.1, -0.05) is 17.4 Å². The number of thioether (sulfide) groups is 1. The van der Waals surface area contributed by atoms with E-state index in [9.17, 15) is 4.79 Å². The summed E-state index contributed by atoms with van der Waals surface area (Å²) in [5.41, 5.74) is 1.15. The molecule has 2 heterocycles. The monoisotopic (exact) mass is 348 g/mol. The van der Waals surface area contributed by atoms with Crippen LogP contribution in [0.1, 0.15) is 11.8 Å². The van der Waals surface area contributed by atoms with E-state index < -0.39 is 0 Å². The highest BCUT2D eigenvalue weighted by Gasteiger charge is 2.08. The van der Waals surface area contributed by atoms with Crippen LogP contribution >= 0.6 is 34.4 Å². The lowest BCUT2D eigenvalue weighted by Crippen LogP contribution is -2.16. The number of carbonyl (C=O) groups is 1. The number of thiazole rings is 1. The second-order valence-electron chi connectivity index (χ2n) is 4.72. The molecule has 0 radical (unpaired) electrons. The summed E-state index contributed by atoms with van der Waals surface area (Å²) in [4.78, 5) is 19.6. The number of amides is 1. The molecule has 0 spiro atoms. The van der Waals surface area contributed by atoms with Crippen LogP contribution < -0.4 is 4.80 Å². The van der Waals surface area contributed by atoms with Crippen molar-refractivity contribution in [1.82, 2.24) is 4.57 Å². The molecule has 0 saturated carbocycles. The molecular formula is C16H16N2OS3. The largest absolute Gasteiger partial charge is 0.317 e. The van der Waals surface area contributed by atoms with Gasteiger partial charge in [0.25, 0.3) is 5.91 Å². The van der Waals surface area contributed by atoms with Crippen LogP contribution in [0.4, 0.5) is 0 Å². The lowest BCUT2D eigenvalue weighted by Gasteiger charge is -2.01. The highest BCUT2D eigenvalue weighted by molar-refractivity contribution is 7.98. The summed E-state index contributed by atoms with van der Waals surface area (Å²) >= 11 is 4.90. The maximum absolute atomic E-state index is 12.2. The third-order valence-corrected chi connectivity index (χ3v) is 5.97. The zero-order valence-corrected chi connectivity index (χ0v) is 14.9. The van der Waals surface area contributed by atoms with Crippen LogP contribution in [0, 0.1) is 0 Å². The molecule has 3 aromatic rings. The minimum absolute atomic E-state index is 0.0821. The molecule has 3 rings (SSSR count). The Balaban J connectivity index is 2.01. The highest BCUT2D eigenvalue weighted by atomic mass is 32.2. The lowest BCUT2D eigenvalue weighted by atomic mass is 10.3. The Kier molecular flexibility index (Phi) is 4.81. The first-order valence-electron chi connectivity index (χ1n) is 6.98. The van der Waals surface area contributed by atoms with E-state index in [0.717, 1.165) is 21.7 Å². The van der Waals surface area contributed by atoms with Crippen molar-refractivity contribution < 1.29 is 4.79 Å². The van der Waals surface area contributed by atoms with Crippen LogP contribution in [0.15, 0.2) is 45.6 Å². The first-order valence-corrected chi connectivity index (χ1v) is 9.90. The molecule has 0 fully saturated rings. The molecule has 0 unspecified atom stereocenters. The highest BCUT2D eigenvalue weighted by Crippen LogP contribution is 2.24. The van der Waals surface area contributed by atoms with Gasteiger partial charge in [0.05, 0.1) is 16.6 Å². The van der Waals surface area contributed by atoms with Crippen LogP contribution in [-0.4, -0.2) is 16.7 Å². The van der Waals surface area contributed by atoms with Gasteiger partial charge in [0.2, 0.25) is 0 Å². The van der Waals surface area contributed by atoms with Crippen molar-refractivity contribution >= 4 is 50.6 Å². The molecule has 0 bridgehead atoms. The number of nitrogens with zero attached hydrogens (tertiary/aromatic N) is 2. The van der Waals surface area contributed by atoms with Crippen molar-refractivity contribution in [3.05, 3.63) is 45.4 Å². The third kappa shape index (κ3) is 3.19. The Labute approximate surface area is 141 Å². The number of thiophene rings is 1. The molecule has 0 saturated heterocycles. The van der Waals surface area contributed by atoms with E-state index in [1.807, 2.05) is 17.5 Å². The summed E-state index contributed by atoms with van der Waals surface area (Å²) in [5.74, 6) is -0.0821. The predicted molar refractivity (Wildman–Crippen MR) is 95.9 cm³/mol. The first kappa shape index (κ1) is 15.5. The minimum atomic E-state index is -0.0821. The van der Waals surface area contributed by atoms with Crippen LogP contribution in [0.3, 0.4) is 0 Å². The van der Waals surface area contributed by atoms with E-state index in [0.29, 0.717) is 6.42 Å². The topological polar surface area (TPSA) is 34.4 Å². The van der Waals surface area contributed by atoms with Crippen molar-refractivity contribution in [3.63, 3.8) is 0 Å². The number of hydrogen-bond acceptors (Lipinski definition) is 4. The number of rotatable bonds is 4. The second-order valence-corrected chi connectivity index (χ2v) is 7.65. The molecule has 1 amide bonds. The van der Waals surface area contributed by atoms with E-state index in [1.165, 1.54) is 9.60 Å². The minimum Gasteiger partial charge on any atom is -0.317 e. The van der Waals surface area contributed by atoms with Gasteiger partial charge in [-0.15, -0.1) is 23.1 Å². The van der Waals surface area contributed by atoms with Crippen LogP contribution in [0.5, 0.6) is 0 Å². The van der Waals surface area contributed by atoms with Gasteiger partial charge in [0.1, 0.15) is 0 Å². The summed E-state index contributed by atoms with van der Waals surface area (Å²) in [7, 11) is 0. The maximum atomic E-state index is 12.2. The Bertz CT molecular complexity index is 859. The second kappa shape index (κ2) is 6.81. The summed E-state index contributed by atoms with van der Waals surface area (Å²) in [6.45, 7) is 2.89. The summed E-state index contributed by atoms with van der Waals surface area (Å²) in [6.07, 6.45) is 2.45. The quantitative estimate of drug-likeness (QED) is 0.663. The molecule has 6 heteroatoms. The molecule has 1 aromatic carbocycles. The van der Waals surface area contributed by atoms with E-state index in [2.05, 4.69) is 40.9 Å². The molecule has 2 aromatic heterocycles. The number of aryl methyl sites for hydroxylation is 1. The van der Waals surface area contributed by atoms with Crippen LogP contribution in [0.2, 0.25) is 0 Å². The molecular weight excluding hydrogens is 332 g/mol. The fraction of sp³-hybridized carbons (Fsp3) is 0.250. The van der Waals surface area contributed by atoms with E-state index >= 15 is 0 Å². The van der Waals surface area contributed by atoms with Gasteiger partial charge in [-0.2, -0.15) is 4.99 Å². The number of carbonyl (C=O) groups excluding carboxylic acids is 1. The number of fused-ring (bicyclic) bond motifs is 1. The summed E-state index contributed by atoms with van der Waals surface area (Å²) in [6, 6.07) is 10.3. The van der Waals surface area contributed by atoms with E-state index in [-0.39, 0.29) is 5.91 Å². The van der Waals surface area contributed by atoms with Crippen molar-refractivity contribution in [2.75, 3.05) is 6.26 Å². The fourth-order valence-corrected chi connectivity index (χ4v) is 4.64.